The molecular formula is C24H25ClN6O2S. The first kappa shape index (κ1) is 23.8. The van der Waals surface area contributed by atoms with Crippen LogP contribution < -0.4 is 10.1 Å². The number of carbonyl (C=O) groups is 1. The minimum absolute atomic E-state index is 0.148. The van der Waals surface area contributed by atoms with Crippen LogP contribution in [0.1, 0.15) is 18.3 Å². The maximum absolute atomic E-state index is 12.7. The van der Waals surface area contributed by atoms with Crippen LogP contribution in [0.5, 0.6) is 5.75 Å². The Balaban J connectivity index is 1.63. The van der Waals surface area contributed by atoms with Crippen molar-refractivity contribution in [1.82, 2.24) is 24.5 Å². The molecule has 0 radical (unpaired) electrons. The Bertz CT molecular complexity index is 1320. The molecule has 34 heavy (non-hydrogen) atoms. The minimum atomic E-state index is -0.148. The standard InChI is InChI=1S/C24H25ClN6O2S/c1-5-33-18-12-10-17(11-13-18)31-23(19-8-6-7-9-20(19)25)27-28-24(31)34-14-21(32)26-22-15(2)29-30(4)16(22)3/h6-13H,5,14H2,1-4H3,(H,26,32). The monoisotopic (exact) mass is 496 g/mol. The van der Waals surface area contributed by atoms with Crippen LogP contribution in [0.15, 0.2) is 53.7 Å². The van der Waals surface area contributed by atoms with E-state index in [1.807, 2.05) is 80.9 Å². The fourth-order valence-electron chi connectivity index (χ4n) is 3.53. The molecule has 0 unspecified atom stereocenters. The average molecular weight is 497 g/mol. The van der Waals surface area contributed by atoms with Crippen LogP contribution in [0, 0.1) is 13.8 Å². The van der Waals surface area contributed by atoms with Gasteiger partial charge in [0, 0.05) is 18.3 Å². The summed E-state index contributed by atoms with van der Waals surface area (Å²) in [4.78, 5) is 12.7. The van der Waals surface area contributed by atoms with Crippen LogP contribution in [0.2, 0.25) is 5.02 Å². The lowest BCUT2D eigenvalue weighted by Gasteiger charge is -2.12. The number of amides is 1. The Kier molecular flexibility index (Phi) is 7.23. The van der Waals surface area contributed by atoms with Crippen molar-refractivity contribution in [3.63, 3.8) is 0 Å². The summed E-state index contributed by atoms with van der Waals surface area (Å²) in [6.45, 7) is 6.32. The topological polar surface area (TPSA) is 86.9 Å². The summed E-state index contributed by atoms with van der Waals surface area (Å²) in [5.41, 5.74) is 4.00. The smallest absolute Gasteiger partial charge is 0.234 e. The molecule has 0 aliphatic heterocycles. The van der Waals surface area contributed by atoms with Gasteiger partial charge in [-0.15, -0.1) is 10.2 Å². The highest BCUT2D eigenvalue weighted by Gasteiger charge is 2.20. The van der Waals surface area contributed by atoms with Gasteiger partial charge in [0.05, 0.1) is 34.5 Å². The van der Waals surface area contributed by atoms with Crippen LogP contribution >= 0.6 is 23.4 Å². The third-order valence-electron chi connectivity index (χ3n) is 5.26. The van der Waals surface area contributed by atoms with Crippen LogP contribution in [0.4, 0.5) is 5.69 Å². The number of carbonyl (C=O) groups excluding carboxylic acids is 1. The van der Waals surface area contributed by atoms with Crippen molar-refractivity contribution in [3.05, 3.63) is 64.9 Å². The Hall–Kier alpha value is -3.30. The number of aromatic nitrogens is 5. The van der Waals surface area contributed by atoms with Crippen molar-refractivity contribution >= 4 is 35.0 Å². The number of aryl methyl sites for hydroxylation is 2. The molecule has 176 valence electrons. The lowest BCUT2D eigenvalue weighted by atomic mass is 10.2. The highest BCUT2D eigenvalue weighted by molar-refractivity contribution is 7.99. The summed E-state index contributed by atoms with van der Waals surface area (Å²) in [5.74, 6) is 1.38. The number of anilines is 1. The summed E-state index contributed by atoms with van der Waals surface area (Å²) < 4.78 is 9.22. The van der Waals surface area contributed by atoms with E-state index in [0.29, 0.717) is 22.6 Å². The van der Waals surface area contributed by atoms with Crippen LogP contribution in [0.3, 0.4) is 0 Å². The van der Waals surface area contributed by atoms with E-state index in [4.69, 9.17) is 16.3 Å². The number of ether oxygens (including phenoxy) is 1. The van der Waals surface area contributed by atoms with Gasteiger partial charge in [-0.1, -0.05) is 35.5 Å². The third-order valence-corrected chi connectivity index (χ3v) is 6.52. The van der Waals surface area contributed by atoms with E-state index in [-0.39, 0.29) is 11.7 Å². The molecule has 2 aromatic carbocycles. The summed E-state index contributed by atoms with van der Waals surface area (Å²) in [5, 5.41) is 17.2. The first-order valence-electron chi connectivity index (χ1n) is 10.8. The number of halogens is 1. The third kappa shape index (κ3) is 4.95. The summed E-state index contributed by atoms with van der Waals surface area (Å²) in [6.07, 6.45) is 0. The number of hydrogen-bond donors (Lipinski definition) is 1. The van der Waals surface area contributed by atoms with Gasteiger partial charge in [0.15, 0.2) is 11.0 Å². The maximum Gasteiger partial charge on any atom is 0.234 e. The Morgan fingerprint density at radius 3 is 2.50 bits per heavy atom. The van der Waals surface area contributed by atoms with E-state index in [0.717, 1.165) is 34.1 Å². The fourth-order valence-corrected chi connectivity index (χ4v) is 4.50. The molecule has 1 N–H and O–H groups in total. The quantitative estimate of drug-likeness (QED) is 0.343. The second-order valence-electron chi connectivity index (χ2n) is 7.55. The largest absolute Gasteiger partial charge is 0.494 e. The van der Waals surface area contributed by atoms with Crippen molar-refractivity contribution < 1.29 is 9.53 Å². The van der Waals surface area contributed by atoms with Crippen LogP contribution in [-0.2, 0) is 11.8 Å². The predicted molar refractivity (Wildman–Crippen MR) is 135 cm³/mol. The van der Waals surface area contributed by atoms with Crippen LogP contribution in [0.25, 0.3) is 17.1 Å². The van der Waals surface area contributed by atoms with Gasteiger partial charge in [-0.25, -0.2) is 0 Å². The molecule has 0 saturated carbocycles. The van der Waals surface area contributed by atoms with Gasteiger partial charge < -0.3 is 10.1 Å². The Labute approximate surface area is 207 Å². The van der Waals surface area contributed by atoms with E-state index in [1.54, 1.807) is 4.68 Å². The molecule has 4 rings (SSSR count). The normalized spacial score (nSPS) is 11.0. The number of thioether (sulfide) groups is 1. The number of nitrogens with zero attached hydrogens (tertiary/aromatic N) is 5. The maximum atomic E-state index is 12.7. The predicted octanol–water partition coefficient (Wildman–Crippen LogP) is 5.07. The molecule has 10 heteroatoms. The molecule has 8 nitrogen and oxygen atoms in total. The first-order chi connectivity index (χ1) is 16.4. The number of rotatable bonds is 8. The minimum Gasteiger partial charge on any atom is -0.494 e. The van der Waals surface area contributed by atoms with Gasteiger partial charge in [-0.2, -0.15) is 5.10 Å². The average Bonchev–Trinajstić information content (AvgIpc) is 3.34. The highest BCUT2D eigenvalue weighted by Crippen LogP contribution is 2.32. The molecule has 0 bridgehead atoms. The molecule has 2 aromatic heterocycles. The molecule has 0 spiro atoms. The summed E-state index contributed by atoms with van der Waals surface area (Å²) in [7, 11) is 1.85. The van der Waals surface area contributed by atoms with Gasteiger partial charge in [0.2, 0.25) is 5.91 Å². The molecule has 1 amide bonds. The molecule has 0 atom stereocenters. The van der Waals surface area contributed by atoms with Gasteiger partial charge in [-0.3, -0.25) is 14.0 Å². The van der Waals surface area contributed by atoms with E-state index >= 15 is 0 Å². The molecule has 0 saturated heterocycles. The summed E-state index contributed by atoms with van der Waals surface area (Å²) in [6, 6.07) is 15.1. The zero-order valence-corrected chi connectivity index (χ0v) is 20.9. The van der Waals surface area contributed by atoms with Gasteiger partial charge in [-0.05, 0) is 57.2 Å². The lowest BCUT2D eigenvalue weighted by molar-refractivity contribution is -0.113. The number of hydrogen-bond acceptors (Lipinski definition) is 6. The fraction of sp³-hybridized carbons (Fsp3) is 0.250. The van der Waals surface area contributed by atoms with Crippen molar-refractivity contribution in [2.45, 2.75) is 25.9 Å². The number of nitrogens with one attached hydrogen (secondary N) is 1. The molecule has 4 aromatic rings. The first-order valence-corrected chi connectivity index (χ1v) is 12.1. The van der Waals surface area contributed by atoms with Crippen molar-refractivity contribution in [2.75, 3.05) is 17.7 Å². The lowest BCUT2D eigenvalue weighted by Crippen LogP contribution is -2.15. The Morgan fingerprint density at radius 2 is 1.85 bits per heavy atom. The van der Waals surface area contributed by atoms with Crippen molar-refractivity contribution in [3.8, 4) is 22.8 Å². The zero-order valence-electron chi connectivity index (χ0n) is 19.4. The van der Waals surface area contributed by atoms with Crippen molar-refractivity contribution in [2.24, 2.45) is 7.05 Å². The second kappa shape index (κ2) is 10.3. The van der Waals surface area contributed by atoms with E-state index in [2.05, 4.69) is 20.6 Å². The Morgan fingerprint density at radius 1 is 1.12 bits per heavy atom. The molecular weight excluding hydrogens is 472 g/mol. The van der Waals surface area contributed by atoms with Crippen molar-refractivity contribution in [1.29, 1.82) is 0 Å². The molecule has 0 aliphatic carbocycles. The van der Waals surface area contributed by atoms with E-state index < -0.39 is 0 Å². The molecule has 2 heterocycles. The summed E-state index contributed by atoms with van der Waals surface area (Å²) >= 11 is 7.76. The molecule has 0 fully saturated rings. The number of benzene rings is 2. The van der Waals surface area contributed by atoms with Gasteiger partial charge >= 0.3 is 0 Å². The molecule has 0 aliphatic rings. The zero-order chi connectivity index (χ0) is 24.2. The second-order valence-corrected chi connectivity index (χ2v) is 8.90. The highest BCUT2D eigenvalue weighted by atomic mass is 35.5. The van der Waals surface area contributed by atoms with E-state index in [1.165, 1.54) is 11.8 Å². The van der Waals surface area contributed by atoms with Crippen LogP contribution in [-0.4, -0.2) is 42.8 Å². The SMILES string of the molecule is CCOc1ccc(-n2c(SCC(=O)Nc3c(C)nn(C)c3C)nnc2-c2ccccc2Cl)cc1. The van der Waals surface area contributed by atoms with Gasteiger partial charge in [0.25, 0.3) is 0 Å². The van der Waals surface area contributed by atoms with E-state index in [9.17, 15) is 4.79 Å². The van der Waals surface area contributed by atoms with Gasteiger partial charge in [0.1, 0.15) is 5.75 Å².